The van der Waals surface area contributed by atoms with Gasteiger partial charge in [0.15, 0.2) is 0 Å². The van der Waals surface area contributed by atoms with Crippen molar-refractivity contribution in [2.24, 2.45) is 23.7 Å². The first kappa shape index (κ1) is 19.2. The molecule has 0 aliphatic carbocycles. The van der Waals surface area contributed by atoms with Gasteiger partial charge in [0.05, 0.1) is 0 Å². The Hall–Kier alpha value is -0.120. The monoisotopic (exact) mass is 323 g/mol. The van der Waals surface area contributed by atoms with Gasteiger partial charge < -0.3 is 14.7 Å². The molecule has 3 nitrogen and oxygen atoms in total. The molecule has 0 aromatic rings. The number of likely N-dealkylation sites (tertiary alicyclic amines) is 1. The Morgan fingerprint density at radius 1 is 0.870 bits per heavy atom. The van der Waals surface area contributed by atoms with Gasteiger partial charge in [-0.05, 0) is 57.0 Å². The topological polar surface area (TPSA) is 9.72 Å². The SMILES string of the molecule is CC(C)CC1CC(CC(C)C(C)CN2CCN(C)CC2)N(C)C1. The second-order valence-corrected chi connectivity index (χ2v) is 9.12. The van der Waals surface area contributed by atoms with E-state index >= 15 is 0 Å². The molecule has 0 saturated carbocycles. The Morgan fingerprint density at radius 3 is 2.13 bits per heavy atom. The van der Waals surface area contributed by atoms with Gasteiger partial charge >= 0.3 is 0 Å². The standard InChI is InChI=1S/C20H41N3/c1-16(2)11-19-13-20(22(6)15-19)12-17(3)18(4)14-23-9-7-21(5)8-10-23/h16-20H,7-15H2,1-6H3. The molecule has 2 aliphatic heterocycles. The maximum atomic E-state index is 2.68. The molecule has 4 atom stereocenters. The molecule has 0 bridgehead atoms. The van der Waals surface area contributed by atoms with E-state index in [0.717, 1.165) is 29.7 Å². The highest BCUT2D eigenvalue weighted by atomic mass is 15.2. The summed E-state index contributed by atoms with van der Waals surface area (Å²) < 4.78 is 0. The Morgan fingerprint density at radius 2 is 1.52 bits per heavy atom. The van der Waals surface area contributed by atoms with Crippen LogP contribution in [0.5, 0.6) is 0 Å². The second kappa shape index (κ2) is 8.82. The zero-order valence-corrected chi connectivity index (χ0v) is 16.6. The van der Waals surface area contributed by atoms with Gasteiger partial charge in [0.25, 0.3) is 0 Å². The van der Waals surface area contributed by atoms with Crippen molar-refractivity contribution in [1.29, 1.82) is 0 Å². The molecule has 2 saturated heterocycles. The van der Waals surface area contributed by atoms with Crippen molar-refractivity contribution in [2.45, 2.75) is 53.0 Å². The van der Waals surface area contributed by atoms with E-state index in [9.17, 15) is 0 Å². The van der Waals surface area contributed by atoms with E-state index in [-0.39, 0.29) is 0 Å². The van der Waals surface area contributed by atoms with Crippen molar-refractivity contribution in [3.8, 4) is 0 Å². The lowest BCUT2D eigenvalue weighted by molar-refractivity contribution is 0.120. The fraction of sp³-hybridized carbons (Fsp3) is 1.00. The number of hydrogen-bond acceptors (Lipinski definition) is 3. The summed E-state index contributed by atoms with van der Waals surface area (Å²) in [5.41, 5.74) is 0. The molecule has 136 valence electrons. The zero-order valence-electron chi connectivity index (χ0n) is 16.6. The molecule has 23 heavy (non-hydrogen) atoms. The maximum Gasteiger partial charge on any atom is 0.0110 e. The average molecular weight is 324 g/mol. The normalized spacial score (nSPS) is 30.9. The fourth-order valence-electron chi connectivity index (χ4n) is 4.59. The summed E-state index contributed by atoms with van der Waals surface area (Å²) in [7, 11) is 4.59. The Bertz CT molecular complexity index is 336. The van der Waals surface area contributed by atoms with Crippen molar-refractivity contribution in [1.82, 2.24) is 14.7 Å². The summed E-state index contributed by atoms with van der Waals surface area (Å²) in [4.78, 5) is 7.78. The third-order valence-corrected chi connectivity index (χ3v) is 6.34. The molecule has 2 heterocycles. The minimum Gasteiger partial charge on any atom is -0.304 e. The van der Waals surface area contributed by atoms with Crippen LogP contribution in [0.25, 0.3) is 0 Å². The fourth-order valence-corrected chi connectivity index (χ4v) is 4.59. The average Bonchev–Trinajstić information content (AvgIpc) is 2.80. The number of piperazine rings is 1. The molecule has 2 aliphatic rings. The first-order chi connectivity index (χ1) is 10.8. The van der Waals surface area contributed by atoms with Gasteiger partial charge in [-0.15, -0.1) is 0 Å². The van der Waals surface area contributed by atoms with E-state index in [1.54, 1.807) is 0 Å². The van der Waals surface area contributed by atoms with Crippen molar-refractivity contribution in [3.63, 3.8) is 0 Å². The van der Waals surface area contributed by atoms with Gasteiger partial charge in [0.2, 0.25) is 0 Å². The third-order valence-electron chi connectivity index (χ3n) is 6.34. The molecule has 0 aromatic heterocycles. The van der Waals surface area contributed by atoms with Crippen LogP contribution in [0.3, 0.4) is 0 Å². The van der Waals surface area contributed by atoms with Crippen LogP contribution < -0.4 is 0 Å². The van der Waals surface area contributed by atoms with Crippen molar-refractivity contribution in [2.75, 3.05) is 53.4 Å². The molecule has 4 unspecified atom stereocenters. The van der Waals surface area contributed by atoms with Crippen molar-refractivity contribution < 1.29 is 0 Å². The van der Waals surface area contributed by atoms with E-state index in [4.69, 9.17) is 0 Å². The first-order valence-corrected chi connectivity index (χ1v) is 9.96. The van der Waals surface area contributed by atoms with E-state index in [1.807, 2.05) is 0 Å². The molecule has 3 heteroatoms. The van der Waals surface area contributed by atoms with Gasteiger partial charge in [-0.3, -0.25) is 0 Å². The molecule has 2 rings (SSSR count). The first-order valence-electron chi connectivity index (χ1n) is 9.96. The third kappa shape index (κ3) is 6.03. The minimum absolute atomic E-state index is 0.816. The van der Waals surface area contributed by atoms with Gasteiger partial charge in [0.1, 0.15) is 0 Å². The summed E-state index contributed by atoms with van der Waals surface area (Å²) in [5, 5.41) is 0. The van der Waals surface area contributed by atoms with Crippen LogP contribution in [0.15, 0.2) is 0 Å². The van der Waals surface area contributed by atoms with Crippen molar-refractivity contribution >= 4 is 0 Å². The van der Waals surface area contributed by atoms with Crippen LogP contribution in [0, 0.1) is 23.7 Å². The molecule has 0 aromatic carbocycles. The summed E-state index contributed by atoms with van der Waals surface area (Å²) in [6.45, 7) is 17.3. The van der Waals surface area contributed by atoms with Gasteiger partial charge in [-0.2, -0.15) is 0 Å². The Kier molecular flexibility index (Phi) is 7.37. The van der Waals surface area contributed by atoms with Crippen LogP contribution >= 0.6 is 0 Å². The van der Waals surface area contributed by atoms with E-state index in [1.165, 1.54) is 58.5 Å². The van der Waals surface area contributed by atoms with E-state index in [0.29, 0.717) is 0 Å². The molecule has 0 spiro atoms. The van der Waals surface area contributed by atoms with E-state index < -0.39 is 0 Å². The number of hydrogen-bond donors (Lipinski definition) is 0. The smallest absolute Gasteiger partial charge is 0.0110 e. The van der Waals surface area contributed by atoms with Crippen LogP contribution in [-0.2, 0) is 0 Å². The van der Waals surface area contributed by atoms with E-state index in [2.05, 4.69) is 56.5 Å². The molecular formula is C20H41N3. The lowest BCUT2D eigenvalue weighted by Crippen LogP contribution is -2.46. The highest BCUT2D eigenvalue weighted by Crippen LogP contribution is 2.32. The van der Waals surface area contributed by atoms with Crippen LogP contribution in [0.4, 0.5) is 0 Å². The number of likely N-dealkylation sites (N-methyl/N-ethyl adjacent to an activating group) is 1. The van der Waals surface area contributed by atoms with Crippen LogP contribution in [0.2, 0.25) is 0 Å². The quantitative estimate of drug-likeness (QED) is 0.712. The lowest BCUT2D eigenvalue weighted by Gasteiger charge is -2.36. The predicted molar refractivity (Wildman–Crippen MR) is 101 cm³/mol. The minimum atomic E-state index is 0.816. The van der Waals surface area contributed by atoms with Crippen molar-refractivity contribution in [3.05, 3.63) is 0 Å². The maximum absolute atomic E-state index is 2.68. The van der Waals surface area contributed by atoms with Crippen LogP contribution in [0.1, 0.15) is 47.0 Å². The molecule has 0 amide bonds. The molecule has 0 radical (unpaired) electrons. The highest BCUT2D eigenvalue weighted by Gasteiger charge is 2.32. The highest BCUT2D eigenvalue weighted by molar-refractivity contribution is 4.86. The Balaban J connectivity index is 1.73. The van der Waals surface area contributed by atoms with Gasteiger partial charge in [-0.25, -0.2) is 0 Å². The second-order valence-electron chi connectivity index (χ2n) is 9.12. The summed E-state index contributed by atoms with van der Waals surface area (Å²) >= 11 is 0. The Labute approximate surface area is 145 Å². The lowest BCUT2D eigenvalue weighted by atomic mass is 9.86. The summed E-state index contributed by atoms with van der Waals surface area (Å²) in [6.07, 6.45) is 4.23. The van der Waals surface area contributed by atoms with Crippen LogP contribution in [-0.4, -0.2) is 74.1 Å². The number of nitrogens with zero attached hydrogens (tertiary/aromatic N) is 3. The summed E-state index contributed by atoms with van der Waals surface area (Å²) in [5.74, 6) is 3.43. The molecule has 0 N–H and O–H groups in total. The molecule has 2 fully saturated rings. The largest absolute Gasteiger partial charge is 0.304 e. The predicted octanol–water partition coefficient (Wildman–Crippen LogP) is 3.26. The van der Waals surface area contributed by atoms with Gasteiger partial charge in [-0.1, -0.05) is 27.7 Å². The summed E-state index contributed by atoms with van der Waals surface area (Å²) in [6, 6.07) is 0.823. The number of rotatable bonds is 7. The van der Waals surface area contributed by atoms with Gasteiger partial charge in [0, 0.05) is 45.3 Å². The molecular weight excluding hydrogens is 282 g/mol. The zero-order chi connectivity index (χ0) is 17.0.